The highest BCUT2D eigenvalue weighted by Gasteiger charge is 2.52. The van der Waals surface area contributed by atoms with E-state index < -0.39 is 27.9 Å². The molecule has 0 aliphatic carbocycles. The van der Waals surface area contributed by atoms with Gasteiger partial charge in [0.15, 0.2) is 6.61 Å². The quantitative estimate of drug-likeness (QED) is 0.549. The van der Waals surface area contributed by atoms with Gasteiger partial charge in [-0.25, -0.2) is 4.79 Å². The minimum Gasteiger partial charge on any atom is -0.454 e. The minimum atomic E-state index is -5.36. The van der Waals surface area contributed by atoms with Gasteiger partial charge in [-0.1, -0.05) is 30.9 Å². The SMILES string of the molecule is C=Cc1ccc(C(=O)OCC(F)(F)S(=O)(=O)O[n+]2ccccc2)cc1. The minimum absolute atomic E-state index is 0.00264. The Kier molecular flexibility index (Phi) is 5.48. The van der Waals surface area contributed by atoms with Crippen molar-refractivity contribution in [3.05, 3.63) is 72.6 Å². The number of hydrogen-bond acceptors (Lipinski definition) is 5. The zero-order valence-electron chi connectivity index (χ0n) is 12.8. The summed E-state index contributed by atoms with van der Waals surface area (Å²) in [6.45, 7) is 1.86. The van der Waals surface area contributed by atoms with Gasteiger partial charge in [-0.15, -0.1) is 4.28 Å². The van der Waals surface area contributed by atoms with E-state index in [-0.39, 0.29) is 5.56 Å². The fourth-order valence-corrected chi connectivity index (χ4v) is 2.30. The van der Waals surface area contributed by atoms with Gasteiger partial charge in [0.25, 0.3) is 0 Å². The number of esters is 1. The standard InChI is InChI=1S/C16H14F2NO5S/c1-2-13-6-8-14(9-7-13)15(20)23-12-16(17,18)25(21,22)24-19-10-4-3-5-11-19/h2-11H,1,12H2/q+1. The van der Waals surface area contributed by atoms with Gasteiger partial charge in [0.2, 0.25) is 12.4 Å². The molecule has 132 valence electrons. The molecule has 0 atom stereocenters. The molecular formula is C16H14F2NO5S+. The van der Waals surface area contributed by atoms with Crippen molar-refractivity contribution in [2.24, 2.45) is 0 Å². The van der Waals surface area contributed by atoms with E-state index in [0.717, 1.165) is 18.0 Å². The zero-order chi connectivity index (χ0) is 18.5. The number of pyridine rings is 1. The van der Waals surface area contributed by atoms with Crippen LogP contribution in [-0.2, 0) is 14.9 Å². The molecule has 0 spiro atoms. The number of hydrogen-bond donors (Lipinski definition) is 0. The Hall–Kier alpha value is -2.81. The van der Waals surface area contributed by atoms with Crippen molar-refractivity contribution in [3.63, 3.8) is 0 Å². The van der Waals surface area contributed by atoms with Crippen LogP contribution in [0.2, 0.25) is 0 Å². The Labute approximate surface area is 143 Å². The van der Waals surface area contributed by atoms with Crippen molar-refractivity contribution in [1.29, 1.82) is 0 Å². The number of nitrogens with zero attached hydrogens (tertiary/aromatic N) is 1. The fraction of sp³-hybridized carbons (Fsp3) is 0.125. The number of carbonyl (C=O) groups excluding carboxylic acids is 1. The summed E-state index contributed by atoms with van der Waals surface area (Å²) >= 11 is 0. The molecule has 0 saturated carbocycles. The van der Waals surface area contributed by atoms with Gasteiger partial charge in [-0.05, 0) is 17.7 Å². The zero-order valence-corrected chi connectivity index (χ0v) is 13.7. The normalized spacial score (nSPS) is 11.6. The molecule has 0 fully saturated rings. The van der Waals surface area contributed by atoms with Crippen LogP contribution < -0.4 is 9.01 Å². The summed E-state index contributed by atoms with van der Waals surface area (Å²) < 4.78 is 60.3. The van der Waals surface area contributed by atoms with Crippen molar-refractivity contribution in [2.45, 2.75) is 5.25 Å². The third-order valence-corrected chi connectivity index (χ3v) is 4.21. The van der Waals surface area contributed by atoms with Crippen LogP contribution in [-0.4, -0.2) is 26.2 Å². The van der Waals surface area contributed by atoms with E-state index >= 15 is 0 Å². The lowest BCUT2D eigenvalue weighted by Gasteiger charge is -2.13. The van der Waals surface area contributed by atoms with Crippen molar-refractivity contribution in [3.8, 4) is 0 Å². The Bertz CT molecular complexity index is 852. The van der Waals surface area contributed by atoms with Crippen molar-refractivity contribution in [1.82, 2.24) is 0 Å². The smallest absolute Gasteiger partial charge is 0.435 e. The van der Waals surface area contributed by atoms with E-state index in [1.807, 2.05) is 0 Å². The molecule has 0 saturated heterocycles. The van der Waals surface area contributed by atoms with Crippen LogP contribution in [0, 0.1) is 0 Å². The van der Waals surface area contributed by atoms with E-state index in [2.05, 4.69) is 15.6 Å². The van der Waals surface area contributed by atoms with Gasteiger partial charge < -0.3 is 4.74 Å². The summed E-state index contributed by atoms with van der Waals surface area (Å²) in [5.74, 6) is -1.09. The second-order valence-corrected chi connectivity index (χ2v) is 6.46. The highest BCUT2D eigenvalue weighted by molar-refractivity contribution is 7.87. The first-order chi connectivity index (χ1) is 11.7. The molecule has 0 bridgehead atoms. The summed E-state index contributed by atoms with van der Waals surface area (Å²) in [6.07, 6.45) is 3.79. The molecular weight excluding hydrogens is 356 g/mol. The summed E-state index contributed by atoms with van der Waals surface area (Å²) in [5, 5.41) is -4.42. The molecule has 0 unspecified atom stereocenters. The second-order valence-electron chi connectivity index (χ2n) is 4.80. The number of carbonyl (C=O) groups is 1. The molecule has 9 heteroatoms. The first kappa shape index (κ1) is 18.5. The molecule has 1 heterocycles. The highest BCUT2D eigenvalue weighted by Crippen LogP contribution is 2.22. The van der Waals surface area contributed by atoms with Crippen LogP contribution >= 0.6 is 0 Å². The van der Waals surface area contributed by atoms with E-state index in [1.54, 1.807) is 6.07 Å². The Balaban J connectivity index is 2.04. The van der Waals surface area contributed by atoms with Crippen LogP contribution in [0.4, 0.5) is 8.78 Å². The molecule has 6 nitrogen and oxygen atoms in total. The van der Waals surface area contributed by atoms with Gasteiger partial charge in [0.1, 0.15) is 0 Å². The maximum absolute atomic E-state index is 13.9. The highest BCUT2D eigenvalue weighted by atomic mass is 32.2. The number of alkyl halides is 2. The number of halogens is 2. The lowest BCUT2D eigenvalue weighted by atomic mass is 10.1. The molecule has 2 aromatic rings. The third-order valence-electron chi connectivity index (χ3n) is 2.99. The number of rotatable bonds is 7. The summed E-state index contributed by atoms with van der Waals surface area (Å²) in [5.41, 5.74) is 0.717. The molecule has 1 aromatic carbocycles. The maximum atomic E-state index is 13.9. The van der Waals surface area contributed by atoms with Crippen LogP contribution in [0.15, 0.2) is 61.4 Å². The number of ether oxygens (including phenoxy) is 1. The van der Waals surface area contributed by atoms with Gasteiger partial charge in [-0.2, -0.15) is 17.2 Å². The number of benzene rings is 1. The van der Waals surface area contributed by atoms with Gasteiger partial charge in [-0.3, -0.25) is 0 Å². The van der Waals surface area contributed by atoms with Crippen LogP contribution in [0.5, 0.6) is 0 Å². The first-order valence-corrected chi connectivity index (χ1v) is 8.34. The monoisotopic (exact) mass is 370 g/mol. The predicted octanol–water partition coefficient (Wildman–Crippen LogP) is 1.83. The average Bonchev–Trinajstić information content (AvgIpc) is 2.60. The second kappa shape index (κ2) is 7.39. The lowest BCUT2D eigenvalue weighted by Crippen LogP contribution is -2.51. The predicted molar refractivity (Wildman–Crippen MR) is 83.9 cm³/mol. The maximum Gasteiger partial charge on any atom is 0.435 e. The van der Waals surface area contributed by atoms with Crippen molar-refractivity contribution < 1.29 is 35.7 Å². The van der Waals surface area contributed by atoms with E-state index in [1.165, 1.54) is 42.5 Å². The Morgan fingerprint density at radius 2 is 1.76 bits per heavy atom. The fourth-order valence-electron chi connectivity index (χ4n) is 1.66. The largest absolute Gasteiger partial charge is 0.454 e. The summed E-state index contributed by atoms with van der Waals surface area (Å²) in [7, 11) is -5.36. The molecule has 0 N–H and O–H groups in total. The van der Waals surface area contributed by atoms with Crippen LogP contribution in [0.25, 0.3) is 6.08 Å². The molecule has 25 heavy (non-hydrogen) atoms. The summed E-state index contributed by atoms with van der Waals surface area (Å²) in [4.78, 5) is 11.8. The van der Waals surface area contributed by atoms with E-state index in [0.29, 0.717) is 4.73 Å². The van der Waals surface area contributed by atoms with Gasteiger partial charge in [0, 0.05) is 16.9 Å². The van der Waals surface area contributed by atoms with Crippen molar-refractivity contribution in [2.75, 3.05) is 6.61 Å². The van der Waals surface area contributed by atoms with Gasteiger partial charge in [0.05, 0.1) is 5.56 Å². The van der Waals surface area contributed by atoms with Gasteiger partial charge >= 0.3 is 21.3 Å². The first-order valence-electron chi connectivity index (χ1n) is 6.93. The molecule has 1 aromatic heterocycles. The molecule has 2 rings (SSSR count). The lowest BCUT2D eigenvalue weighted by molar-refractivity contribution is -0.856. The van der Waals surface area contributed by atoms with Crippen LogP contribution in [0.3, 0.4) is 0 Å². The molecule has 0 aliphatic heterocycles. The molecule has 0 amide bonds. The van der Waals surface area contributed by atoms with E-state index in [9.17, 15) is 22.0 Å². The molecule has 0 radical (unpaired) electrons. The average molecular weight is 370 g/mol. The van der Waals surface area contributed by atoms with Crippen LogP contribution in [0.1, 0.15) is 15.9 Å². The Morgan fingerprint density at radius 1 is 1.16 bits per heavy atom. The van der Waals surface area contributed by atoms with E-state index in [4.69, 9.17) is 0 Å². The third kappa shape index (κ3) is 4.60. The molecule has 0 aliphatic rings. The number of aromatic nitrogens is 1. The summed E-state index contributed by atoms with van der Waals surface area (Å²) in [6, 6.07) is 10.1. The van der Waals surface area contributed by atoms with Crippen molar-refractivity contribution >= 4 is 22.2 Å². The topological polar surface area (TPSA) is 73.5 Å². The Morgan fingerprint density at radius 3 is 2.32 bits per heavy atom.